The molecule has 0 radical (unpaired) electrons. The molecule has 8 heteroatoms. The van der Waals surface area contributed by atoms with Gasteiger partial charge in [-0.3, -0.25) is 9.48 Å². The number of methoxy groups -OCH3 is 1. The van der Waals surface area contributed by atoms with E-state index in [-0.39, 0.29) is 11.6 Å². The first-order valence-corrected chi connectivity index (χ1v) is 10.9. The van der Waals surface area contributed by atoms with E-state index >= 15 is 0 Å². The van der Waals surface area contributed by atoms with Crippen molar-refractivity contribution in [2.24, 2.45) is 0 Å². The number of hydrogen-bond donors (Lipinski definition) is 2. The molecular formula is C24H27N5O3. The number of ether oxygens (including phenoxy) is 1. The second-order valence-electron chi connectivity index (χ2n) is 8.58. The quantitative estimate of drug-likeness (QED) is 0.642. The Morgan fingerprint density at radius 1 is 1.28 bits per heavy atom. The second kappa shape index (κ2) is 8.27. The lowest BCUT2D eigenvalue weighted by molar-refractivity contribution is 0.0882. The first-order valence-electron chi connectivity index (χ1n) is 10.9. The number of rotatable bonds is 5. The van der Waals surface area contributed by atoms with Crippen LogP contribution in [-0.2, 0) is 11.2 Å². The van der Waals surface area contributed by atoms with E-state index in [1.165, 1.54) is 6.26 Å². The van der Waals surface area contributed by atoms with E-state index in [4.69, 9.17) is 14.3 Å². The van der Waals surface area contributed by atoms with E-state index in [9.17, 15) is 4.79 Å². The lowest BCUT2D eigenvalue weighted by atomic mass is 9.85. The number of amides is 1. The molecule has 2 N–H and O–H groups in total. The molecule has 1 aromatic carbocycles. The van der Waals surface area contributed by atoms with E-state index in [1.807, 2.05) is 43.3 Å². The summed E-state index contributed by atoms with van der Waals surface area (Å²) in [5.74, 6) is 0.772. The number of nitrogens with one attached hydrogen (secondary N) is 2. The van der Waals surface area contributed by atoms with Gasteiger partial charge < -0.3 is 19.8 Å². The summed E-state index contributed by atoms with van der Waals surface area (Å²) in [5.41, 5.74) is 2.34. The van der Waals surface area contributed by atoms with Gasteiger partial charge in [0, 0.05) is 29.8 Å². The Bertz CT molecular complexity index is 1140. The molecule has 2 aliphatic rings. The molecule has 166 valence electrons. The number of carbonyl (C=O) groups excluding carboxylic acids is 1. The maximum absolute atomic E-state index is 13.0. The highest BCUT2D eigenvalue weighted by Crippen LogP contribution is 2.33. The van der Waals surface area contributed by atoms with Crippen LogP contribution >= 0.6 is 0 Å². The van der Waals surface area contributed by atoms with Gasteiger partial charge in [0.15, 0.2) is 5.69 Å². The fraction of sp³-hybridized carbons (Fsp3) is 0.375. The topological polar surface area (TPSA) is 94.2 Å². The van der Waals surface area contributed by atoms with Crippen molar-refractivity contribution in [2.45, 2.75) is 37.8 Å². The predicted molar refractivity (Wildman–Crippen MR) is 120 cm³/mol. The van der Waals surface area contributed by atoms with Gasteiger partial charge >= 0.3 is 0 Å². The van der Waals surface area contributed by atoms with Crippen LogP contribution in [-0.4, -0.2) is 46.4 Å². The Morgan fingerprint density at radius 3 is 2.81 bits per heavy atom. The molecule has 3 heterocycles. The van der Waals surface area contributed by atoms with Gasteiger partial charge in [0.1, 0.15) is 12.0 Å². The first kappa shape index (κ1) is 20.5. The minimum atomic E-state index is -0.716. The molecule has 1 amide bonds. The minimum Gasteiger partial charge on any atom is -0.499 e. The summed E-state index contributed by atoms with van der Waals surface area (Å²) in [6, 6.07) is 9.91. The van der Waals surface area contributed by atoms with E-state index in [2.05, 4.69) is 26.5 Å². The lowest BCUT2D eigenvalue weighted by Crippen LogP contribution is -2.50. The van der Waals surface area contributed by atoms with Crippen LogP contribution in [0.3, 0.4) is 0 Å². The molecule has 1 fully saturated rings. The lowest BCUT2D eigenvalue weighted by Gasteiger charge is -2.34. The zero-order valence-corrected chi connectivity index (χ0v) is 18.3. The molecule has 32 heavy (non-hydrogen) atoms. The Labute approximate surface area is 186 Å². The Kier molecular flexibility index (Phi) is 5.30. The molecule has 2 aromatic heterocycles. The third-order valence-corrected chi connectivity index (χ3v) is 6.25. The van der Waals surface area contributed by atoms with Crippen LogP contribution < -0.4 is 10.6 Å². The Balaban J connectivity index is 1.36. The average Bonchev–Trinajstić information content (AvgIpc) is 3.47. The monoisotopic (exact) mass is 433 g/mol. The minimum absolute atomic E-state index is 0.233. The molecular weight excluding hydrogens is 406 g/mol. The zero-order chi connectivity index (χ0) is 22.1. The van der Waals surface area contributed by atoms with E-state index in [0.717, 1.165) is 42.8 Å². The van der Waals surface area contributed by atoms with Gasteiger partial charge in [0.05, 0.1) is 24.4 Å². The Morgan fingerprint density at radius 2 is 2.06 bits per heavy atom. The number of benzene rings is 1. The third kappa shape index (κ3) is 3.82. The van der Waals surface area contributed by atoms with Crippen molar-refractivity contribution in [3.05, 3.63) is 65.5 Å². The highest BCUT2D eigenvalue weighted by Gasteiger charge is 2.38. The highest BCUT2D eigenvalue weighted by molar-refractivity contribution is 5.93. The summed E-state index contributed by atoms with van der Waals surface area (Å²) in [6.45, 7) is 3.97. The number of fused-ring (bicyclic) bond motifs is 1. The van der Waals surface area contributed by atoms with Gasteiger partial charge in [-0.1, -0.05) is 18.2 Å². The van der Waals surface area contributed by atoms with Gasteiger partial charge in [-0.05, 0) is 45.0 Å². The number of piperidine rings is 1. The highest BCUT2D eigenvalue weighted by atomic mass is 16.5. The number of oxazole rings is 1. The molecule has 5 rings (SSSR count). The third-order valence-electron chi connectivity index (χ3n) is 6.25. The van der Waals surface area contributed by atoms with Crippen LogP contribution in [0, 0.1) is 0 Å². The van der Waals surface area contributed by atoms with E-state index in [0.29, 0.717) is 24.1 Å². The van der Waals surface area contributed by atoms with Crippen LogP contribution in [0.2, 0.25) is 0 Å². The largest absolute Gasteiger partial charge is 0.499 e. The van der Waals surface area contributed by atoms with Gasteiger partial charge in [0.25, 0.3) is 5.91 Å². The second-order valence-corrected chi connectivity index (χ2v) is 8.58. The fourth-order valence-corrected chi connectivity index (χ4v) is 4.51. The van der Waals surface area contributed by atoms with Gasteiger partial charge in [-0.15, -0.1) is 0 Å². The van der Waals surface area contributed by atoms with Crippen molar-refractivity contribution in [3.8, 4) is 11.5 Å². The van der Waals surface area contributed by atoms with Crippen LogP contribution in [0.25, 0.3) is 17.5 Å². The number of carbonyl (C=O) groups is 1. The maximum atomic E-state index is 13.0. The van der Waals surface area contributed by atoms with Crippen LogP contribution in [0.4, 0.5) is 0 Å². The van der Waals surface area contributed by atoms with Gasteiger partial charge in [0.2, 0.25) is 5.89 Å². The first-order chi connectivity index (χ1) is 15.6. The van der Waals surface area contributed by atoms with Gasteiger partial charge in [-0.25, -0.2) is 4.98 Å². The molecule has 1 aliphatic heterocycles. The van der Waals surface area contributed by atoms with Crippen molar-refractivity contribution in [1.29, 1.82) is 0 Å². The summed E-state index contributed by atoms with van der Waals surface area (Å²) in [5, 5.41) is 11.3. The van der Waals surface area contributed by atoms with Crippen LogP contribution in [0.5, 0.6) is 0 Å². The van der Waals surface area contributed by atoms with Gasteiger partial charge in [-0.2, -0.15) is 5.10 Å². The van der Waals surface area contributed by atoms with Crippen molar-refractivity contribution in [2.75, 3.05) is 20.2 Å². The van der Waals surface area contributed by atoms with Crippen LogP contribution in [0.15, 0.2) is 53.0 Å². The molecule has 3 aromatic rings. The standard InChI is InChI=1S/C24H27N5O3/c1-24(27-22(30)20-15-32-23(26-20)16-6-4-3-5-7-16)13-17-14-29(18-8-10-25-11-9-18)28-19(17)12-21(24)31-2/h3-7,12,14-15,18,25H,8-11,13H2,1-2H3,(H,27,30). The molecule has 1 atom stereocenters. The molecule has 0 bridgehead atoms. The molecule has 0 saturated carbocycles. The van der Waals surface area contributed by atoms with Crippen molar-refractivity contribution < 1.29 is 13.9 Å². The summed E-state index contributed by atoms with van der Waals surface area (Å²) in [6.07, 6.45) is 8.14. The van der Waals surface area contributed by atoms with E-state index in [1.54, 1.807) is 7.11 Å². The number of nitrogens with zero attached hydrogens (tertiary/aromatic N) is 3. The molecule has 1 unspecified atom stereocenters. The van der Waals surface area contributed by atoms with Crippen molar-refractivity contribution in [3.63, 3.8) is 0 Å². The number of hydrogen-bond acceptors (Lipinski definition) is 6. The summed E-state index contributed by atoms with van der Waals surface area (Å²) in [7, 11) is 1.62. The summed E-state index contributed by atoms with van der Waals surface area (Å²) < 4.78 is 13.3. The average molecular weight is 434 g/mol. The SMILES string of the molecule is COC1=Cc2nn(C3CCNCC3)cc2CC1(C)NC(=O)c1coc(-c2ccccc2)n1. The normalized spacial score (nSPS) is 21.0. The Hall–Kier alpha value is -3.39. The zero-order valence-electron chi connectivity index (χ0n) is 18.3. The smallest absolute Gasteiger partial charge is 0.274 e. The van der Waals surface area contributed by atoms with Crippen LogP contribution in [0.1, 0.15) is 47.6 Å². The number of aromatic nitrogens is 3. The predicted octanol–water partition coefficient (Wildman–Crippen LogP) is 3.19. The maximum Gasteiger partial charge on any atom is 0.274 e. The fourth-order valence-electron chi connectivity index (χ4n) is 4.51. The summed E-state index contributed by atoms with van der Waals surface area (Å²) >= 11 is 0. The van der Waals surface area contributed by atoms with Crippen molar-refractivity contribution in [1.82, 2.24) is 25.4 Å². The molecule has 1 saturated heterocycles. The molecule has 0 spiro atoms. The van der Waals surface area contributed by atoms with Crippen molar-refractivity contribution >= 4 is 12.0 Å². The molecule has 1 aliphatic carbocycles. The van der Waals surface area contributed by atoms with E-state index < -0.39 is 5.54 Å². The molecule has 8 nitrogen and oxygen atoms in total. The summed E-state index contributed by atoms with van der Waals surface area (Å²) in [4.78, 5) is 17.4.